The fourth-order valence-electron chi connectivity index (χ4n) is 4.46. The molecule has 0 fully saturated rings. The molecule has 27 heavy (non-hydrogen) atoms. The lowest BCUT2D eigenvalue weighted by molar-refractivity contribution is -0.305. The molecule has 2 aromatic rings. The minimum absolute atomic E-state index is 0.0168. The zero-order chi connectivity index (χ0) is 19.6. The number of carbonyl (C=O) groups is 2. The van der Waals surface area contributed by atoms with E-state index in [1.54, 1.807) is 0 Å². The Labute approximate surface area is 159 Å². The van der Waals surface area contributed by atoms with Crippen molar-refractivity contribution in [3.63, 3.8) is 0 Å². The monoisotopic (exact) mass is 365 g/mol. The van der Waals surface area contributed by atoms with E-state index >= 15 is 0 Å². The van der Waals surface area contributed by atoms with E-state index in [9.17, 15) is 14.7 Å². The van der Waals surface area contributed by atoms with Crippen LogP contribution in [0.4, 0.5) is 0 Å². The smallest absolute Gasteiger partial charge is 0.303 e. The number of hydrogen-bond acceptors (Lipinski definition) is 3. The number of aliphatic carboxylic acids is 2. The predicted molar refractivity (Wildman–Crippen MR) is 102 cm³/mol. The Morgan fingerprint density at radius 2 is 1.37 bits per heavy atom. The van der Waals surface area contributed by atoms with Gasteiger partial charge < -0.3 is 15.0 Å². The summed E-state index contributed by atoms with van der Waals surface area (Å²) in [7, 11) is 0. The van der Waals surface area contributed by atoms with Crippen LogP contribution in [0, 0.1) is 13.8 Å². The lowest BCUT2D eigenvalue weighted by atomic mass is 9.70. The molecule has 0 amide bonds. The molecule has 1 N–H and O–H groups in total. The average molecular weight is 365 g/mol. The van der Waals surface area contributed by atoms with Crippen molar-refractivity contribution in [1.29, 1.82) is 0 Å². The van der Waals surface area contributed by atoms with Gasteiger partial charge in [-0.05, 0) is 68.2 Å². The van der Waals surface area contributed by atoms with Gasteiger partial charge in [-0.1, -0.05) is 47.5 Å². The molecule has 2 aromatic carbocycles. The highest BCUT2D eigenvalue weighted by Crippen LogP contribution is 2.54. The van der Waals surface area contributed by atoms with E-state index in [1.165, 1.54) is 22.3 Å². The fraction of sp³-hybridized carbons (Fsp3) is 0.391. The molecule has 0 unspecified atom stereocenters. The number of aryl methyl sites for hydroxylation is 2. The van der Waals surface area contributed by atoms with Gasteiger partial charge in [-0.25, -0.2) is 0 Å². The van der Waals surface area contributed by atoms with Crippen LogP contribution in [0.2, 0.25) is 0 Å². The number of fused-ring (bicyclic) bond motifs is 3. The molecule has 0 aliphatic heterocycles. The Balaban J connectivity index is 2.11. The van der Waals surface area contributed by atoms with Crippen molar-refractivity contribution in [3.8, 4) is 11.1 Å². The maximum atomic E-state index is 11.1. The van der Waals surface area contributed by atoms with Crippen LogP contribution in [0.1, 0.15) is 60.8 Å². The maximum absolute atomic E-state index is 11.1. The van der Waals surface area contributed by atoms with Crippen molar-refractivity contribution in [2.45, 2.75) is 57.8 Å². The first kappa shape index (κ1) is 19.2. The summed E-state index contributed by atoms with van der Waals surface area (Å²) in [6.45, 7) is 4.11. The summed E-state index contributed by atoms with van der Waals surface area (Å²) in [4.78, 5) is 22.1. The summed E-state index contributed by atoms with van der Waals surface area (Å²) in [6.07, 6.45) is 2.57. The van der Waals surface area contributed by atoms with Crippen molar-refractivity contribution in [2.75, 3.05) is 0 Å². The number of carboxylic acids is 2. The quantitative estimate of drug-likeness (QED) is 0.773. The number of benzene rings is 2. The lowest BCUT2D eigenvalue weighted by Crippen LogP contribution is -2.28. The van der Waals surface area contributed by atoms with Crippen molar-refractivity contribution in [1.82, 2.24) is 0 Å². The van der Waals surface area contributed by atoms with Gasteiger partial charge in [-0.2, -0.15) is 0 Å². The molecule has 1 aliphatic carbocycles. The van der Waals surface area contributed by atoms with Crippen LogP contribution in [0.5, 0.6) is 0 Å². The van der Waals surface area contributed by atoms with E-state index in [0.717, 1.165) is 11.1 Å². The van der Waals surface area contributed by atoms with E-state index in [1.807, 2.05) is 0 Å². The van der Waals surface area contributed by atoms with E-state index in [0.29, 0.717) is 25.7 Å². The zero-order valence-electron chi connectivity index (χ0n) is 15.9. The molecule has 0 bridgehead atoms. The van der Waals surface area contributed by atoms with Crippen LogP contribution in [-0.2, 0) is 15.0 Å². The molecule has 0 atom stereocenters. The second-order valence-corrected chi connectivity index (χ2v) is 7.65. The largest absolute Gasteiger partial charge is 0.550 e. The summed E-state index contributed by atoms with van der Waals surface area (Å²) < 4.78 is 0. The topological polar surface area (TPSA) is 77.4 Å². The molecule has 0 radical (unpaired) electrons. The van der Waals surface area contributed by atoms with Gasteiger partial charge in [0.15, 0.2) is 0 Å². The molecule has 1 aliphatic rings. The van der Waals surface area contributed by atoms with E-state index in [-0.39, 0.29) is 18.3 Å². The summed E-state index contributed by atoms with van der Waals surface area (Å²) in [5, 5.41) is 20.1. The number of rotatable bonds is 8. The highest BCUT2D eigenvalue weighted by atomic mass is 16.4. The van der Waals surface area contributed by atoms with Crippen LogP contribution < -0.4 is 5.11 Å². The van der Waals surface area contributed by atoms with E-state index < -0.39 is 11.9 Å². The van der Waals surface area contributed by atoms with Gasteiger partial charge in [-0.3, -0.25) is 4.79 Å². The highest BCUT2D eigenvalue weighted by molar-refractivity contribution is 5.81. The molecule has 3 rings (SSSR count). The van der Waals surface area contributed by atoms with Crippen LogP contribution in [-0.4, -0.2) is 17.0 Å². The van der Waals surface area contributed by atoms with Crippen molar-refractivity contribution >= 4 is 11.9 Å². The summed E-state index contributed by atoms with van der Waals surface area (Å²) in [5.41, 5.74) is 6.73. The Morgan fingerprint density at radius 3 is 1.81 bits per heavy atom. The third-order valence-electron chi connectivity index (χ3n) is 5.65. The van der Waals surface area contributed by atoms with Crippen LogP contribution in [0.25, 0.3) is 11.1 Å². The summed E-state index contributed by atoms with van der Waals surface area (Å²) in [5.74, 6) is -1.84. The molecule has 0 saturated carbocycles. The van der Waals surface area contributed by atoms with Gasteiger partial charge in [0.1, 0.15) is 0 Å². The molecule has 0 spiro atoms. The maximum Gasteiger partial charge on any atom is 0.303 e. The summed E-state index contributed by atoms with van der Waals surface area (Å²) in [6, 6.07) is 12.8. The van der Waals surface area contributed by atoms with E-state index in [2.05, 4.69) is 50.2 Å². The normalized spacial score (nSPS) is 13.9. The number of hydrogen-bond donors (Lipinski definition) is 1. The molecule has 0 aromatic heterocycles. The van der Waals surface area contributed by atoms with Crippen molar-refractivity contribution < 1.29 is 19.8 Å². The third kappa shape index (κ3) is 3.75. The first-order valence-corrected chi connectivity index (χ1v) is 9.48. The number of carbonyl (C=O) groups excluding carboxylic acids is 1. The average Bonchev–Trinajstić information content (AvgIpc) is 2.84. The third-order valence-corrected chi connectivity index (χ3v) is 5.65. The summed E-state index contributed by atoms with van der Waals surface area (Å²) >= 11 is 0. The van der Waals surface area contributed by atoms with Gasteiger partial charge in [-0.15, -0.1) is 0 Å². The van der Waals surface area contributed by atoms with E-state index in [4.69, 9.17) is 5.11 Å². The van der Waals surface area contributed by atoms with Crippen molar-refractivity contribution in [2.24, 2.45) is 0 Å². The fourth-order valence-corrected chi connectivity index (χ4v) is 4.46. The van der Waals surface area contributed by atoms with Crippen LogP contribution in [0.15, 0.2) is 36.4 Å². The van der Waals surface area contributed by atoms with Gasteiger partial charge in [0.05, 0.1) is 0 Å². The zero-order valence-corrected chi connectivity index (χ0v) is 15.9. The van der Waals surface area contributed by atoms with Gasteiger partial charge >= 0.3 is 5.97 Å². The Morgan fingerprint density at radius 1 is 0.889 bits per heavy atom. The predicted octanol–water partition coefficient (Wildman–Crippen LogP) is 3.75. The standard InChI is InChI=1S/C23H26O4/c1-15-7-9-17-18-10-8-16(2)14-20(18)23(19(17)13-15,11-3-5-21(24)25)12-4-6-22(26)27/h7-10,13-14H,3-6,11-12H2,1-2H3,(H,24,25)(H,26,27)/p-1. The molecule has 0 heterocycles. The van der Waals surface area contributed by atoms with Gasteiger partial charge in [0, 0.05) is 17.8 Å². The first-order chi connectivity index (χ1) is 12.8. The van der Waals surface area contributed by atoms with Crippen LogP contribution in [0.3, 0.4) is 0 Å². The highest BCUT2D eigenvalue weighted by Gasteiger charge is 2.42. The Kier molecular flexibility index (Phi) is 5.36. The SMILES string of the molecule is Cc1ccc2c(c1)C(CCCC(=O)[O-])(CCCC(=O)O)c1cc(C)ccc1-2. The second-order valence-electron chi connectivity index (χ2n) is 7.65. The Hall–Kier alpha value is -2.62. The first-order valence-electron chi connectivity index (χ1n) is 9.48. The molecular formula is C23H25O4-. The van der Waals surface area contributed by atoms with Gasteiger partial charge in [0.25, 0.3) is 0 Å². The number of carboxylic acid groups (broad SMARTS) is 2. The molecular weight excluding hydrogens is 340 g/mol. The van der Waals surface area contributed by atoms with Crippen LogP contribution >= 0.6 is 0 Å². The molecule has 4 nitrogen and oxygen atoms in total. The van der Waals surface area contributed by atoms with Gasteiger partial charge in [0.2, 0.25) is 0 Å². The lowest BCUT2D eigenvalue weighted by Gasteiger charge is -2.33. The molecule has 0 saturated heterocycles. The minimum Gasteiger partial charge on any atom is -0.550 e. The Bertz CT molecular complexity index is 808. The minimum atomic E-state index is -1.04. The molecule has 142 valence electrons. The van der Waals surface area contributed by atoms with Crippen molar-refractivity contribution in [3.05, 3.63) is 58.7 Å². The molecule has 4 heteroatoms. The second kappa shape index (κ2) is 7.55.